The van der Waals surface area contributed by atoms with E-state index in [1.54, 1.807) is 0 Å². The summed E-state index contributed by atoms with van der Waals surface area (Å²) in [5.41, 5.74) is 24.2. The average molecular weight is 966 g/mol. The Morgan fingerprint density at radius 1 is 0.417 bits per heavy atom. The van der Waals surface area contributed by atoms with E-state index in [4.69, 9.17) is 0 Å². The van der Waals surface area contributed by atoms with Gasteiger partial charge in [0.05, 0.1) is 11.4 Å². The molecular weight excluding hydrogens is 890 g/mol. The number of hydrogen-bond donors (Lipinski definition) is 0. The van der Waals surface area contributed by atoms with Gasteiger partial charge in [0.25, 0.3) is 6.71 Å². The number of benzene rings is 7. The van der Waals surface area contributed by atoms with Gasteiger partial charge in [-0.05, 0) is 176 Å². The quantitative estimate of drug-likeness (QED) is 0.159. The maximum atomic E-state index is 2.62. The van der Waals surface area contributed by atoms with E-state index < -0.39 is 0 Å². The molecule has 0 amide bonds. The molecule has 0 saturated carbocycles. The van der Waals surface area contributed by atoms with Gasteiger partial charge in [0, 0.05) is 54.7 Å². The van der Waals surface area contributed by atoms with Crippen molar-refractivity contribution in [3.63, 3.8) is 0 Å². The lowest BCUT2D eigenvalue weighted by atomic mass is 9.36. The van der Waals surface area contributed by atoms with Crippen LogP contribution < -0.4 is 30.4 Å². The van der Waals surface area contributed by atoms with Crippen LogP contribution in [0.4, 0.5) is 51.2 Å². The summed E-state index contributed by atoms with van der Waals surface area (Å²) in [6.45, 7) is 41.6. The minimum atomic E-state index is -0.00186. The molecule has 0 N–H and O–H groups in total. The standard InChI is InChI=1S/C67H76BN3S/c1-41-35-56-59-57(36-41)71(51-30-23-46(24-31-51)65(10,11)12)61-53-39-47(66(13,14)15)25-34-58(53)72-62(61)68(59)54-33-32-52(40-55(54)70(56)50-28-21-45(22-29-50)64(7,8)9)69(49-26-19-44(20-27-49)63(4,5)6)60-42(2)37-48(38-43(60)3)67(16,17)18/h19-40H,1-18H3. The average Bonchev–Trinajstić information content (AvgIpc) is 3.67. The van der Waals surface area contributed by atoms with Gasteiger partial charge >= 0.3 is 0 Å². The molecule has 0 atom stereocenters. The topological polar surface area (TPSA) is 9.72 Å². The number of rotatable bonds is 5. The molecule has 7 aromatic carbocycles. The highest BCUT2D eigenvalue weighted by molar-refractivity contribution is 7.33. The van der Waals surface area contributed by atoms with Crippen molar-refractivity contribution < 1.29 is 0 Å². The second-order valence-electron chi connectivity index (χ2n) is 26.3. The Bertz CT molecular complexity index is 3370. The zero-order chi connectivity index (χ0) is 51.8. The monoisotopic (exact) mass is 966 g/mol. The second-order valence-corrected chi connectivity index (χ2v) is 27.4. The molecular formula is C67H76BN3S. The van der Waals surface area contributed by atoms with E-state index in [1.807, 2.05) is 11.3 Å². The molecule has 0 fully saturated rings. The lowest BCUT2D eigenvalue weighted by Crippen LogP contribution is -2.60. The summed E-state index contributed by atoms with van der Waals surface area (Å²) < 4.78 is 2.72. The zero-order valence-corrected chi connectivity index (χ0v) is 47.3. The minimum Gasteiger partial charge on any atom is -0.311 e. The first kappa shape index (κ1) is 49.5. The molecule has 72 heavy (non-hydrogen) atoms. The van der Waals surface area contributed by atoms with Crippen LogP contribution in [-0.2, 0) is 27.1 Å². The van der Waals surface area contributed by atoms with Crippen molar-refractivity contribution in [1.82, 2.24) is 0 Å². The zero-order valence-electron chi connectivity index (χ0n) is 46.5. The number of anilines is 9. The lowest BCUT2D eigenvalue weighted by Gasteiger charge is -2.44. The fourth-order valence-electron chi connectivity index (χ4n) is 11.2. The molecule has 2 aliphatic rings. The Kier molecular flexibility index (Phi) is 11.7. The third-order valence-corrected chi connectivity index (χ3v) is 16.7. The van der Waals surface area contributed by atoms with Crippen molar-refractivity contribution in [3.05, 3.63) is 178 Å². The van der Waals surface area contributed by atoms with Gasteiger partial charge < -0.3 is 14.7 Å². The van der Waals surface area contributed by atoms with E-state index in [0.717, 1.165) is 17.1 Å². The number of fused-ring (bicyclic) bond motifs is 6. The van der Waals surface area contributed by atoms with Crippen LogP contribution in [0.15, 0.2) is 133 Å². The van der Waals surface area contributed by atoms with E-state index in [1.165, 1.54) is 104 Å². The van der Waals surface area contributed by atoms with Crippen LogP contribution in [0.1, 0.15) is 148 Å². The summed E-state index contributed by atoms with van der Waals surface area (Å²) in [7, 11) is 0. The molecule has 0 radical (unpaired) electrons. The largest absolute Gasteiger partial charge is 0.311 e. The molecule has 2 aliphatic heterocycles. The third kappa shape index (κ3) is 8.58. The Balaban J connectivity index is 1.28. The molecule has 0 aliphatic carbocycles. The first-order valence-electron chi connectivity index (χ1n) is 26.3. The predicted molar refractivity (Wildman–Crippen MR) is 318 cm³/mol. The van der Waals surface area contributed by atoms with Crippen LogP contribution in [0.25, 0.3) is 10.1 Å². The molecule has 8 aromatic rings. The summed E-state index contributed by atoms with van der Waals surface area (Å²) in [6.07, 6.45) is 0. The highest BCUT2D eigenvalue weighted by Crippen LogP contribution is 2.51. The van der Waals surface area contributed by atoms with Gasteiger partial charge in [0.15, 0.2) is 0 Å². The van der Waals surface area contributed by atoms with Crippen LogP contribution in [0, 0.1) is 20.8 Å². The van der Waals surface area contributed by atoms with Gasteiger partial charge in [-0.25, -0.2) is 0 Å². The summed E-state index contributed by atoms with van der Waals surface area (Å²) in [5.74, 6) is 0. The van der Waals surface area contributed by atoms with Crippen LogP contribution in [-0.4, -0.2) is 6.71 Å². The van der Waals surface area contributed by atoms with Gasteiger partial charge in [0.2, 0.25) is 0 Å². The van der Waals surface area contributed by atoms with Gasteiger partial charge in [-0.2, -0.15) is 0 Å². The molecule has 0 saturated heterocycles. The SMILES string of the molecule is Cc1cc2c3c(c1)N(c1ccc(C(C)(C)C)cc1)c1c(sc4ccc(C(C)(C)C)cc14)B3c1ccc(N(c3ccc(C(C)(C)C)cc3)c3c(C)cc(C(C)(C)C)cc3C)cc1N2c1ccc(C(C)(C)C)cc1. The molecule has 5 heteroatoms. The maximum absolute atomic E-state index is 2.62. The first-order valence-corrected chi connectivity index (χ1v) is 27.1. The van der Waals surface area contributed by atoms with Gasteiger partial charge in [-0.15, -0.1) is 11.3 Å². The normalized spacial score (nSPS) is 13.9. The van der Waals surface area contributed by atoms with E-state index in [9.17, 15) is 0 Å². The van der Waals surface area contributed by atoms with Crippen molar-refractivity contribution in [3.8, 4) is 0 Å². The van der Waals surface area contributed by atoms with Crippen LogP contribution in [0.3, 0.4) is 0 Å². The highest BCUT2D eigenvalue weighted by Gasteiger charge is 2.46. The smallest absolute Gasteiger partial charge is 0.264 e. The Morgan fingerprint density at radius 2 is 0.861 bits per heavy atom. The minimum absolute atomic E-state index is 0.00186. The third-order valence-electron chi connectivity index (χ3n) is 15.5. The maximum Gasteiger partial charge on any atom is 0.264 e. The van der Waals surface area contributed by atoms with Crippen LogP contribution >= 0.6 is 11.3 Å². The molecule has 10 rings (SSSR count). The van der Waals surface area contributed by atoms with Crippen molar-refractivity contribution in [2.75, 3.05) is 14.7 Å². The van der Waals surface area contributed by atoms with Crippen LogP contribution in [0.2, 0.25) is 0 Å². The molecule has 3 heterocycles. The van der Waals surface area contributed by atoms with Crippen molar-refractivity contribution in [1.29, 1.82) is 0 Å². The molecule has 0 unspecified atom stereocenters. The summed E-state index contributed by atoms with van der Waals surface area (Å²) >= 11 is 1.98. The molecule has 368 valence electrons. The van der Waals surface area contributed by atoms with Crippen molar-refractivity contribution in [2.45, 2.75) is 152 Å². The summed E-state index contributed by atoms with van der Waals surface area (Å²) in [6, 6.07) is 52.6. The van der Waals surface area contributed by atoms with Gasteiger partial charge in [-0.1, -0.05) is 165 Å². The van der Waals surface area contributed by atoms with E-state index in [-0.39, 0.29) is 33.8 Å². The van der Waals surface area contributed by atoms with E-state index in [2.05, 4.69) is 273 Å². The van der Waals surface area contributed by atoms with Crippen LogP contribution in [0.5, 0.6) is 0 Å². The number of hydrogen-bond acceptors (Lipinski definition) is 4. The fourth-order valence-corrected chi connectivity index (χ4v) is 12.5. The Labute approximate surface area is 437 Å². The first-order chi connectivity index (χ1) is 33.6. The lowest BCUT2D eigenvalue weighted by molar-refractivity contribution is 0.589. The molecule has 0 bridgehead atoms. The predicted octanol–water partition coefficient (Wildman–Crippen LogP) is 17.9. The fraction of sp³-hybridized carbons (Fsp3) is 0.343. The van der Waals surface area contributed by atoms with E-state index in [0.29, 0.717) is 0 Å². The molecule has 1 aromatic heterocycles. The number of aryl methyl sites for hydroxylation is 3. The van der Waals surface area contributed by atoms with Gasteiger partial charge in [-0.3, -0.25) is 0 Å². The summed E-state index contributed by atoms with van der Waals surface area (Å²) in [4.78, 5) is 7.74. The molecule has 0 spiro atoms. The van der Waals surface area contributed by atoms with Crippen molar-refractivity contribution >= 4 is 95.0 Å². The highest BCUT2D eigenvalue weighted by atomic mass is 32.1. The van der Waals surface area contributed by atoms with Crippen molar-refractivity contribution in [2.24, 2.45) is 0 Å². The van der Waals surface area contributed by atoms with Gasteiger partial charge in [0.1, 0.15) is 0 Å². The Morgan fingerprint density at radius 3 is 1.36 bits per heavy atom. The number of nitrogens with zero attached hydrogens (tertiary/aromatic N) is 3. The molecule has 3 nitrogen and oxygen atoms in total. The second kappa shape index (κ2) is 17.0. The van der Waals surface area contributed by atoms with E-state index >= 15 is 0 Å². The summed E-state index contributed by atoms with van der Waals surface area (Å²) in [5, 5.41) is 1.32. The Hall–Kier alpha value is -6.04. The number of thiophene rings is 1.